The van der Waals surface area contributed by atoms with Crippen molar-refractivity contribution in [2.75, 3.05) is 11.5 Å². The first kappa shape index (κ1) is 11.5. The van der Waals surface area contributed by atoms with Crippen molar-refractivity contribution in [2.24, 2.45) is 7.05 Å². The topological polar surface area (TPSA) is 97.1 Å². The van der Waals surface area contributed by atoms with Gasteiger partial charge in [-0.3, -0.25) is 4.68 Å². The van der Waals surface area contributed by atoms with Crippen LogP contribution in [-0.2, 0) is 23.4 Å². The molecule has 1 aromatic rings. The Morgan fingerprint density at radius 3 is 2.88 bits per heavy atom. The van der Waals surface area contributed by atoms with Gasteiger partial charge >= 0.3 is 0 Å². The van der Waals surface area contributed by atoms with Gasteiger partial charge in [0.15, 0.2) is 15.7 Å². The fourth-order valence-electron chi connectivity index (χ4n) is 1.71. The lowest BCUT2D eigenvalue weighted by molar-refractivity contribution is 0.165. The molecular weight excluding hydrogens is 232 g/mol. The molecule has 2 unspecified atom stereocenters. The first-order valence-corrected chi connectivity index (χ1v) is 6.75. The van der Waals surface area contributed by atoms with E-state index in [0.29, 0.717) is 12.4 Å². The molecule has 1 fully saturated rings. The summed E-state index contributed by atoms with van der Waals surface area (Å²) in [5.74, 6) is 0.389. The molecule has 2 N–H and O–H groups in total. The molecule has 0 aromatic carbocycles. The van der Waals surface area contributed by atoms with Gasteiger partial charge in [0.25, 0.3) is 0 Å². The maximum absolute atomic E-state index is 11.2. The molecule has 0 spiro atoms. The monoisotopic (exact) mass is 246 g/mol. The number of hydrogen-bond acceptors (Lipinski definition) is 6. The Morgan fingerprint density at radius 1 is 1.62 bits per heavy atom. The molecule has 2 atom stereocenters. The minimum atomic E-state index is -3.10. The molecule has 16 heavy (non-hydrogen) atoms. The van der Waals surface area contributed by atoms with Gasteiger partial charge in [-0.15, -0.1) is 0 Å². The standard InChI is InChI=1S/C8H14N4O3S/c1-12-5-10-8(11-12)2-9-6-3-16(14,15)4-7(6)13/h5-7,9,13H,2-4H2,1H3. The smallest absolute Gasteiger partial charge is 0.164 e. The first-order chi connectivity index (χ1) is 7.46. The SMILES string of the molecule is Cn1cnc(CNC2CS(=O)(=O)CC2O)n1. The second-order valence-electron chi connectivity index (χ2n) is 3.97. The van der Waals surface area contributed by atoms with Crippen LogP contribution < -0.4 is 5.32 Å². The van der Waals surface area contributed by atoms with E-state index < -0.39 is 22.0 Å². The predicted octanol–water partition coefficient (Wildman–Crippen LogP) is -1.94. The zero-order valence-electron chi connectivity index (χ0n) is 8.87. The van der Waals surface area contributed by atoms with Gasteiger partial charge in [-0.05, 0) is 0 Å². The second-order valence-corrected chi connectivity index (χ2v) is 6.12. The number of nitrogens with one attached hydrogen (secondary N) is 1. The number of sulfone groups is 1. The van der Waals surface area contributed by atoms with Crippen LogP contribution in [-0.4, -0.2) is 51.9 Å². The quantitative estimate of drug-likeness (QED) is 0.644. The minimum absolute atomic E-state index is 0.0268. The van der Waals surface area contributed by atoms with Gasteiger partial charge < -0.3 is 10.4 Å². The molecular formula is C8H14N4O3S. The number of aliphatic hydroxyl groups excluding tert-OH is 1. The minimum Gasteiger partial charge on any atom is -0.390 e. The molecule has 0 aliphatic carbocycles. The summed E-state index contributed by atoms with van der Waals surface area (Å²) in [6.07, 6.45) is 0.729. The third-order valence-corrected chi connectivity index (χ3v) is 4.21. The number of nitrogens with zero attached hydrogens (tertiary/aromatic N) is 3. The van der Waals surface area contributed by atoms with Crippen molar-refractivity contribution in [1.29, 1.82) is 0 Å². The highest BCUT2D eigenvalue weighted by Crippen LogP contribution is 2.12. The van der Waals surface area contributed by atoms with E-state index in [1.54, 1.807) is 18.1 Å². The van der Waals surface area contributed by atoms with E-state index in [0.717, 1.165) is 0 Å². The number of hydrogen-bond donors (Lipinski definition) is 2. The number of aromatic nitrogens is 3. The van der Waals surface area contributed by atoms with E-state index in [4.69, 9.17) is 0 Å². The summed E-state index contributed by atoms with van der Waals surface area (Å²) < 4.78 is 24.0. The Morgan fingerprint density at radius 2 is 2.38 bits per heavy atom. The van der Waals surface area contributed by atoms with Gasteiger partial charge in [-0.1, -0.05) is 0 Å². The molecule has 0 saturated carbocycles. The van der Waals surface area contributed by atoms with Crippen molar-refractivity contribution < 1.29 is 13.5 Å². The molecule has 0 radical (unpaired) electrons. The molecule has 7 nitrogen and oxygen atoms in total. The summed E-state index contributed by atoms with van der Waals surface area (Å²) in [7, 11) is -1.35. The Bertz CT molecular complexity index is 469. The number of aryl methyl sites for hydroxylation is 1. The summed E-state index contributed by atoms with van der Waals surface area (Å²) >= 11 is 0. The Labute approximate surface area is 93.4 Å². The molecule has 1 aliphatic rings. The summed E-state index contributed by atoms with van der Waals surface area (Å²) in [6, 6.07) is -0.422. The molecule has 1 aliphatic heterocycles. The van der Waals surface area contributed by atoms with Crippen LogP contribution >= 0.6 is 0 Å². The highest BCUT2D eigenvalue weighted by molar-refractivity contribution is 7.91. The number of aliphatic hydroxyl groups is 1. The zero-order chi connectivity index (χ0) is 11.8. The van der Waals surface area contributed by atoms with E-state index in [1.807, 2.05) is 0 Å². The molecule has 0 bridgehead atoms. The van der Waals surface area contributed by atoms with Gasteiger partial charge in [-0.25, -0.2) is 13.4 Å². The lowest BCUT2D eigenvalue weighted by Gasteiger charge is -2.12. The molecule has 1 saturated heterocycles. The summed E-state index contributed by atoms with van der Waals surface area (Å²) in [5.41, 5.74) is 0. The van der Waals surface area contributed by atoms with Crippen LogP contribution in [0.2, 0.25) is 0 Å². The molecule has 1 aromatic heterocycles. The van der Waals surface area contributed by atoms with Gasteiger partial charge in [0.05, 0.1) is 24.2 Å². The fraction of sp³-hybridized carbons (Fsp3) is 0.750. The van der Waals surface area contributed by atoms with Gasteiger partial charge in [-0.2, -0.15) is 5.10 Å². The van der Waals surface area contributed by atoms with Crippen LogP contribution in [0.5, 0.6) is 0 Å². The van der Waals surface area contributed by atoms with Crippen LogP contribution in [0.15, 0.2) is 6.33 Å². The van der Waals surface area contributed by atoms with Crippen LogP contribution in [0.25, 0.3) is 0 Å². The van der Waals surface area contributed by atoms with E-state index in [2.05, 4.69) is 15.4 Å². The van der Waals surface area contributed by atoms with E-state index >= 15 is 0 Å². The second kappa shape index (κ2) is 4.11. The molecule has 8 heteroatoms. The molecule has 2 rings (SSSR count). The van der Waals surface area contributed by atoms with Crippen molar-refractivity contribution in [2.45, 2.75) is 18.7 Å². The van der Waals surface area contributed by atoms with Crippen molar-refractivity contribution in [1.82, 2.24) is 20.1 Å². The lowest BCUT2D eigenvalue weighted by Crippen LogP contribution is -2.38. The van der Waals surface area contributed by atoms with Gasteiger partial charge in [0.1, 0.15) is 6.33 Å². The van der Waals surface area contributed by atoms with Gasteiger partial charge in [0.2, 0.25) is 0 Å². The Kier molecular flexibility index (Phi) is 2.96. The van der Waals surface area contributed by atoms with E-state index in [9.17, 15) is 13.5 Å². The average Bonchev–Trinajstić information content (AvgIpc) is 2.67. The lowest BCUT2D eigenvalue weighted by atomic mass is 10.2. The summed E-state index contributed by atoms with van der Waals surface area (Å²) in [6.45, 7) is 0.359. The molecule has 90 valence electrons. The van der Waals surface area contributed by atoms with Crippen LogP contribution in [0.3, 0.4) is 0 Å². The normalized spacial score (nSPS) is 28.4. The summed E-state index contributed by atoms with van der Waals surface area (Å²) in [5, 5.41) is 16.5. The van der Waals surface area contributed by atoms with Gasteiger partial charge in [0, 0.05) is 13.1 Å². The van der Waals surface area contributed by atoms with Crippen LogP contribution in [0.4, 0.5) is 0 Å². The summed E-state index contributed by atoms with van der Waals surface area (Å²) in [4.78, 5) is 4.00. The Hall–Kier alpha value is -0.990. The van der Waals surface area contributed by atoms with Crippen LogP contribution in [0, 0.1) is 0 Å². The highest BCUT2D eigenvalue weighted by Gasteiger charge is 2.36. The molecule has 2 heterocycles. The maximum atomic E-state index is 11.2. The largest absolute Gasteiger partial charge is 0.390 e. The first-order valence-electron chi connectivity index (χ1n) is 4.93. The van der Waals surface area contributed by atoms with E-state index in [1.165, 1.54) is 0 Å². The fourth-order valence-corrected chi connectivity index (χ4v) is 3.49. The van der Waals surface area contributed by atoms with Crippen molar-refractivity contribution >= 4 is 9.84 Å². The average molecular weight is 246 g/mol. The zero-order valence-corrected chi connectivity index (χ0v) is 9.68. The maximum Gasteiger partial charge on any atom is 0.164 e. The van der Waals surface area contributed by atoms with Crippen molar-refractivity contribution in [3.63, 3.8) is 0 Å². The molecule has 0 amide bonds. The van der Waals surface area contributed by atoms with E-state index in [-0.39, 0.29) is 11.5 Å². The predicted molar refractivity (Wildman–Crippen MR) is 56.3 cm³/mol. The van der Waals surface area contributed by atoms with Crippen molar-refractivity contribution in [3.05, 3.63) is 12.2 Å². The highest BCUT2D eigenvalue weighted by atomic mass is 32.2. The Balaban J connectivity index is 1.92. The number of rotatable bonds is 3. The third kappa shape index (κ3) is 2.57. The van der Waals surface area contributed by atoms with Crippen molar-refractivity contribution in [3.8, 4) is 0 Å². The van der Waals surface area contributed by atoms with Crippen LogP contribution in [0.1, 0.15) is 5.82 Å². The third-order valence-electron chi connectivity index (χ3n) is 2.49.